The fourth-order valence-corrected chi connectivity index (χ4v) is 0.656. The maximum Gasteiger partial charge on any atom is 0.201 e. The van der Waals surface area contributed by atoms with E-state index < -0.39 is 0 Å². The predicted octanol–water partition coefficient (Wildman–Crippen LogP) is 0.797. The van der Waals surface area contributed by atoms with Crippen molar-refractivity contribution in [1.82, 2.24) is 15.0 Å². The minimum Gasteiger partial charge on any atom is -0.218 e. The summed E-state index contributed by atoms with van der Waals surface area (Å²) in [5, 5.41) is 0. The van der Waals surface area contributed by atoms with Crippen LogP contribution in [0.2, 0.25) is 0 Å². The van der Waals surface area contributed by atoms with Crippen molar-refractivity contribution in [2.75, 3.05) is 0 Å². The molecule has 0 aliphatic carbocycles. The molecular formula is C7H10N3. The molecule has 0 N–H and O–H groups in total. The highest BCUT2D eigenvalue weighted by Gasteiger charge is 1.94. The van der Waals surface area contributed by atoms with E-state index in [1.54, 1.807) is 0 Å². The van der Waals surface area contributed by atoms with Crippen molar-refractivity contribution in [3.05, 3.63) is 18.0 Å². The van der Waals surface area contributed by atoms with Crippen molar-refractivity contribution in [1.29, 1.82) is 0 Å². The van der Waals surface area contributed by atoms with Crippen LogP contribution in [0.4, 0.5) is 0 Å². The molecule has 0 atom stereocenters. The van der Waals surface area contributed by atoms with Gasteiger partial charge in [0.05, 0.1) is 0 Å². The fraction of sp³-hybridized carbons (Fsp3) is 0.571. The molecule has 1 aromatic heterocycles. The Bertz CT molecular complexity index is 191. The monoisotopic (exact) mass is 136 g/mol. The summed E-state index contributed by atoms with van der Waals surface area (Å²) in [6.45, 7) is 4.03. The smallest absolute Gasteiger partial charge is 0.201 e. The van der Waals surface area contributed by atoms with Crippen molar-refractivity contribution < 1.29 is 0 Å². The molecule has 53 valence electrons. The lowest BCUT2D eigenvalue weighted by Gasteiger charge is -1.94. The van der Waals surface area contributed by atoms with E-state index in [9.17, 15) is 0 Å². The normalized spacial score (nSPS) is 9.80. The van der Waals surface area contributed by atoms with Crippen LogP contribution in [0.1, 0.15) is 25.5 Å². The van der Waals surface area contributed by atoms with Gasteiger partial charge in [-0.1, -0.05) is 13.8 Å². The Morgan fingerprint density at radius 2 is 1.60 bits per heavy atom. The number of aromatic nitrogens is 3. The molecule has 1 heterocycles. The number of nitrogens with zero attached hydrogens (tertiary/aromatic N) is 3. The van der Waals surface area contributed by atoms with Gasteiger partial charge in [-0.05, 0) is 0 Å². The molecule has 0 aliphatic rings. The predicted molar refractivity (Wildman–Crippen MR) is 37.4 cm³/mol. The lowest BCUT2D eigenvalue weighted by Crippen LogP contribution is -1.99. The molecule has 0 fully saturated rings. The summed E-state index contributed by atoms with van der Waals surface area (Å²) in [4.78, 5) is 11.9. The van der Waals surface area contributed by atoms with Gasteiger partial charge in [0, 0.05) is 12.8 Å². The van der Waals surface area contributed by atoms with E-state index in [-0.39, 0.29) is 0 Å². The summed E-state index contributed by atoms with van der Waals surface area (Å²) >= 11 is 0. The molecule has 0 spiro atoms. The molecular weight excluding hydrogens is 126 g/mol. The molecule has 1 aromatic rings. The summed E-state index contributed by atoms with van der Waals surface area (Å²) in [5.74, 6) is 1.65. The van der Waals surface area contributed by atoms with Crippen LogP contribution in [0.25, 0.3) is 0 Å². The summed E-state index contributed by atoms with van der Waals surface area (Å²) < 4.78 is 0. The minimum absolute atomic E-state index is 0.826. The lowest BCUT2D eigenvalue weighted by molar-refractivity contribution is 0.819. The quantitative estimate of drug-likeness (QED) is 0.603. The number of aryl methyl sites for hydroxylation is 2. The highest BCUT2D eigenvalue weighted by Crippen LogP contribution is 1.91. The highest BCUT2D eigenvalue weighted by molar-refractivity contribution is 4.88. The first-order valence-electron chi connectivity index (χ1n) is 3.46. The average molecular weight is 136 g/mol. The fourth-order valence-electron chi connectivity index (χ4n) is 0.656. The molecule has 0 amide bonds. The second kappa shape index (κ2) is 3.25. The average Bonchev–Trinajstić information content (AvgIpc) is 2.05. The first kappa shape index (κ1) is 7.12. The van der Waals surface area contributed by atoms with Crippen LogP contribution in [0, 0.1) is 6.33 Å². The van der Waals surface area contributed by atoms with Crippen molar-refractivity contribution in [2.45, 2.75) is 26.7 Å². The first-order valence-corrected chi connectivity index (χ1v) is 3.46. The van der Waals surface area contributed by atoms with Gasteiger partial charge in [-0.15, -0.1) is 0 Å². The van der Waals surface area contributed by atoms with E-state index in [4.69, 9.17) is 0 Å². The summed E-state index contributed by atoms with van der Waals surface area (Å²) in [6.07, 6.45) is 4.28. The van der Waals surface area contributed by atoms with Gasteiger partial charge >= 0.3 is 0 Å². The van der Waals surface area contributed by atoms with Crippen LogP contribution >= 0.6 is 0 Å². The Balaban J connectivity index is 2.87. The van der Waals surface area contributed by atoms with E-state index in [1.807, 2.05) is 13.8 Å². The molecule has 0 saturated heterocycles. The molecule has 1 rings (SSSR count). The van der Waals surface area contributed by atoms with E-state index >= 15 is 0 Å². The topological polar surface area (TPSA) is 38.7 Å². The van der Waals surface area contributed by atoms with Crippen molar-refractivity contribution in [3.63, 3.8) is 0 Å². The van der Waals surface area contributed by atoms with Crippen molar-refractivity contribution in [2.24, 2.45) is 0 Å². The number of hydrogen-bond acceptors (Lipinski definition) is 3. The zero-order valence-electron chi connectivity index (χ0n) is 6.26. The first-order chi connectivity index (χ1) is 4.86. The zero-order chi connectivity index (χ0) is 7.40. The second-order valence-corrected chi connectivity index (χ2v) is 1.97. The van der Waals surface area contributed by atoms with Crippen LogP contribution < -0.4 is 0 Å². The van der Waals surface area contributed by atoms with Crippen LogP contribution in [0.5, 0.6) is 0 Å². The summed E-state index contributed by atoms with van der Waals surface area (Å²) in [7, 11) is 0. The van der Waals surface area contributed by atoms with Crippen LogP contribution in [0.3, 0.4) is 0 Å². The Labute approximate surface area is 60.6 Å². The van der Waals surface area contributed by atoms with E-state index in [2.05, 4.69) is 21.3 Å². The summed E-state index contributed by atoms with van der Waals surface area (Å²) in [5.41, 5.74) is 0. The molecule has 3 nitrogen and oxygen atoms in total. The van der Waals surface area contributed by atoms with E-state index in [1.165, 1.54) is 0 Å². The van der Waals surface area contributed by atoms with Gasteiger partial charge in [-0.2, -0.15) is 0 Å². The van der Waals surface area contributed by atoms with Gasteiger partial charge in [-0.3, -0.25) is 0 Å². The van der Waals surface area contributed by atoms with Gasteiger partial charge in [-0.25, -0.2) is 15.0 Å². The third kappa shape index (κ3) is 1.50. The number of rotatable bonds is 2. The molecule has 3 heteroatoms. The Kier molecular flexibility index (Phi) is 2.31. The Morgan fingerprint density at radius 3 is 2.00 bits per heavy atom. The lowest BCUT2D eigenvalue weighted by atomic mass is 10.4. The molecule has 1 radical (unpaired) electrons. The highest BCUT2D eigenvalue weighted by atomic mass is 15.0. The summed E-state index contributed by atoms with van der Waals surface area (Å²) in [6, 6.07) is 0. The third-order valence-corrected chi connectivity index (χ3v) is 1.25. The van der Waals surface area contributed by atoms with Gasteiger partial charge in [0.1, 0.15) is 11.6 Å². The standard InChI is InChI=1S/C7H10N3/c1-3-6-8-5-9-7(4-2)10-6/h3-4H2,1-2H3. The molecule has 0 saturated carbocycles. The second-order valence-electron chi connectivity index (χ2n) is 1.97. The molecule has 10 heavy (non-hydrogen) atoms. The molecule has 0 aliphatic heterocycles. The Hall–Kier alpha value is -0.990. The largest absolute Gasteiger partial charge is 0.218 e. The van der Waals surface area contributed by atoms with Crippen LogP contribution in [-0.4, -0.2) is 15.0 Å². The van der Waals surface area contributed by atoms with Crippen LogP contribution in [0.15, 0.2) is 0 Å². The third-order valence-electron chi connectivity index (χ3n) is 1.25. The molecule has 0 aromatic carbocycles. The van der Waals surface area contributed by atoms with E-state index in [0.717, 1.165) is 24.5 Å². The zero-order valence-corrected chi connectivity index (χ0v) is 6.26. The van der Waals surface area contributed by atoms with Gasteiger partial charge in [0.25, 0.3) is 0 Å². The van der Waals surface area contributed by atoms with Gasteiger partial charge in [0.2, 0.25) is 6.33 Å². The van der Waals surface area contributed by atoms with Crippen molar-refractivity contribution in [3.8, 4) is 0 Å². The van der Waals surface area contributed by atoms with Gasteiger partial charge in [0.15, 0.2) is 0 Å². The Morgan fingerprint density at radius 1 is 1.10 bits per heavy atom. The molecule has 0 bridgehead atoms. The molecule has 0 unspecified atom stereocenters. The van der Waals surface area contributed by atoms with Gasteiger partial charge < -0.3 is 0 Å². The number of hydrogen-bond donors (Lipinski definition) is 0. The minimum atomic E-state index is 0.826. The van der Waals surface area contributed by atoms with Crippen LogP contribution in [-0.2, 0) is 12.8 Å². The SMILES string of the molecule is CCc1n[c]nc(CC)n1. The van der Waals surface area contributed by atoms with Crippen molar-refractivity contribution >= 4 is 0 Å². The van der Waals surface area contributed by atoms with E-state index in [0.29, 0.717) is 0 Å². The maximum atomic E-state index is 4.16. The maximum absolute atomic E-state index is 4.16.